The van der Waals surface area contributed by atoms with Gasteiger partial charge in [0, 0.05) is 33.2 Å². The molecule has 0 bridgehead atoms. The molecule has 4 rings (SSSR count). The fourth-order valence-electron chi connectivity index (χ4n) is 4.45. The molecule has 0 aromatic heterocycles. The maximum atomic E-state index is 13.1. The van der Waals surface area contributed by atoms with E-state index in [0.29, 0.717) is 18.4 Å². The van der Waals surface area contributed by atoms with Gasteiger partial charge >= 0.3 is 0 Å². The molecule has 0 radical (unpaired) electrons. The summed E-state index contributed by atoms with van der Waals surface area (Å²) >= 11 is 0. The molecule has 1 N–H and O–H groups in total. The minimum Gasteiger partial charge on any atom is -0.379 e. The Morgan fingerprint density at radius 3 is 2.51 bits per heavy atom. The zero-order chi connectivity index (χ0) is 26.7. The number of hydrogen-bond acceptors (Lipinski definition) is 8. The number of morpholine rings is 1. The summed E-state index contributed by atoms with van der Waals surface area (Å²) in [5.41, 5.74) is 0.584. The van der Waals surface area contributed by atoms with Crippen LogP contribution in [0.1, 0.15) is 18.4 Å². The number of fused-ring (bicyclic) bond motifs is 1. The number of ketones is 1. The number of carbonyl (C=O) groups excluding carboxylic acids is 4. The average Bonchev–Trinajstić information content (AvgIpc) is 2.89. The van der Waals surface area contributed by atoms with Gasteiger partial charge in [-0.05, 0) is 30.5 Å². The highest BCUT2D eigenvalue weighted by atomic mass is 32.2. The normalized spacial score (nSPS) is 22.8. The maximum absolute atomic E-state index is 13.1. The number of nitrogens with one attached hydrogen (secondary N) is 1. The monoisotopic (exact) mass is 537 g/mol. The molecule has 0 saturated carbocycles. The Labute approximate surface area is 213 Å². The second-order valence-electron chi connectivity index (χ2n) is 8.99. The average molecular weight is 538 g/mol. The molecule has 2 unspecified atom stereocenters. The molecule has 200 valence electrons. The molecule has 3 amide bonds. The number of amides is 3. The minimum atomic E-state index is -3.88. The number of sulfonamides is 1. The lowest BCUT2D eigenvalue weighted by molar-refractivity contribution is -0.146. The number of nitrogens with zero attached hydrogens (tertiary/aromatic N) is 4. The number of likely N-dealkylation sites (N-methyl/N-ethyl adjacent to an activating group) is 1. The third-order valence-corrected chi connectivity index (χ3v) is 8.32. The quantitative estimate of drug-likeness (QED) is 0.343. The first-order valence-corrected chi connectivity index (χ1v) is 13.5. The van der Waals surface area contributed by atoms with Crippen LogP contribution in [0.2, 0.25) is 0 Å². The first kappa shape index (κ1) is 26.8. The summed E-state index contributed by atoms with van der Waals surface area (Å²) in [5, 5.41) is 2.53. The number of aliphatic imine (C=N–C) groups is 1. The van der Waals surface area contributed by atoms with E-state index in [1.807, 2.05) is 0 Å². The van der Waals surface area contributed by atoms with Gasteiger partial charge in [-0.2, -0.15) is 4.31 Å². The van der Waals surface area contributed by atoms with Gasteiger partial charge in [0.25, 0.3) is 17.6 Å². The van der Waals surface area contributed by atoms with Gasteiger partial charge in [0.1, 0.15) is 17.4 Å². The summed E-state index contributed by atoms with van der Waals surface area (Å²) in [6.45, 7) is 1.00. The number of halogens is 1. The number of piperidine rings is 1. The van der Waals surface area contributed by atoms with Crippen molar-refractivity contribution in [1.29, 1.82) is 0 Å². The summed E-state index contributed by atoms with van der Waals surface area (Å²) in [6.07, 6.45) is 0.832. The predicted molar refractivity (Wildman–Crippen MR) is 128 cm³/mol. The van der Waals surface area contributed by atoms with Crippen LogP contribution in [0.5, 0.6) is 0 Å². The van der Waals surface area contributed by atoms with E-state index in [4.69, 9.17) is 4.74 Å². The zero-order valence-electron chi connectivity index (χ0n) is 20.3. The number of benzene rings is 1. The second kappa shape index (κ2) is 11.0. The Morgan fingerprint density at radius 2 is 1.84 bits per heavy atom. The molecule has 14 heteroatoms. The molecule has 2 saturated heterocycles. The van der Waals surface area contributed by atoms with Crippen molar-refractivity contribution >= 4 is 39.4 Å². The highest BCUT2D eigenvalue weighted by Gasteiger charge is 2.46. The van der Waals surface area contributed by atoms with Crippen molar-refractivity contribution in [2.45, 2.75) is 31.5 Å². The van der Waals surface area contributed by atoms with Crippen molar-refractivity contribution in [3.8, 4) is 0 Å². The van der Waals surface area contributed by atoms with E-state index in [-0.39, 0.29) is 45.2 Å². The molecule has 3 heterocycles. The number of hydrogen-bond donors (Lipinski definition) is 1. The van der Waals surface area contributed by atoms with Gasteiger partial charge in [0.2, 0.25) is 15.9 Å². The SMILES string of the molecule is CN(C(=O)CS(=O)(=O)N1CCOCC1)C1CCCN2C(=O)C(=O)C(C(=O)NCc3ccc(F)cc3)N=C12. The van der Waals surface area contributed by atoms with E-state index in [1.165, 1.54) is 40.5 Å². The van der Waals surface area contributed by atoms with Crippen LogP contribution in [0.4, 0.5) is 4.39 Å². The van der Waals surface area contributed by atoms with Crippen molar-refractivity contribution in [2.24, 2.45) is 4.99 Å². The van der Waals surface area contributed by atoms with E-state index in [0.717, 1.165) is 4.90 Å². The van der Waals surface area contributed by atoms with Crippen molar-refractivity contribution < 1.29 is 36.7 Å². The molecule has 0 spiro atoms. The Morgan fingerprint density at radius 1 is 1.16 bits per heavy atom. The summed E-state index contributed by atoms with van der Waals surface area (Å²) < 4.78 is 44.9. The van der Waals surface area contributed by atoms with Crippen LogP contribution in [0.25, 0.3) is 0 Å². The van der Waals surface area contributed by atoms with Crippen molar-refractivity contribution in [3.63, 3.8) is 0 Å². The van der Waals surface area contributed by atoms with Gasteiger partial charge in [-0.25, -0.2) is 17.8 Å². The summed E-state index contributed by atoms with van der Waals surface area (Å²) in [6, 6.07) is 2.98. The van der Waals surface area contributed by atoms with Crippen LogP contribution in [-0.2, 0) is 40.5 Å². The minimum absolute atomic E-state index is 0.00708. The Hall–Kier alpha value is -3.23. The maximum Gasteiger partial charge on any atom is 0.298 e. The lowest BCUT2D eigenvalue weighted by atomic mass is 9.98. The largest absolute Gasteiger partial charge is 0.379 e. The molecular formula is C23H28FN5O7S. The molecular weight excluding hydrogens is 509 g/mol. The molecule has 12 nitrogen and oxygen atoms in total. The molecule has 3 aliphatic heterocycles. The predicted octanol–water partition coefficient (Wildman–Crippen LogP) is -1.10. The fourth-order valence-corrected chi connectivity index (χ4v) is 5.85. The van der Waals surface area contributed by atoms with Crippen molar-refractivity contribution in [3.05, 3.63) is 35.6 Å². The van der Waals surface area contributed by atoms with Crippen LogP contribution in [-0.4, -0.2) is 110 Å². The lowest BCUT2D eigenvalue weighted by Crippen LogP contribution is -2.62. The fraction of sp³-hybridized carbons (Fsp3) is 0.522. The molecule has 1 aromatic rings. The molecule has 2 atom stereocenters. The Kier molecular flexibility index (Phi) is 7.99. The molecule has 3 aliphatic rings. The van der Waals surface area contributed by atoms with Gasteiger partial charge in [-0.3, -0.25) is 24.1 Å². The Bertz CT molecular complexity index is 1210. The van der Waals surface area contributed by atoms with Crippen LogP contribution < -0.4 is 5.32 Å². The molecule has 0 aliphatic carbocycles. The van der Waals surface area contributed by atoms with E-state index < -0.39 is 57.2 Å². The third kappa shape index (κ3) is 5.86. The number of amidine groups is 1. The highest BCUT2D eigenvalue weighted by Crippen LogP contribution is 2.23. The molecule has 2 fully saturated rings. The number of Topliss-reactive ketones (excluding diaryl/α,β-unsaturated/α-hetero) is 1. The van der Waals surface area contributed by atoms with Gasteiger partial charge in [0.15, 0.2) is 6.04 Å². The van der Waals surface area contributed by atoms with E-state index in [2.05, 4.69) is 10.3 Å². The number of carbonyl (C=O) groups is 4. The van der Waals surface area contributed by atoms with Crippen LogP contribution in [0, 0.1) is 5.82 Å². The van der Waals surface area contributed by atoms with Gasteiger partial charge in [-0.15, -0.1) is 0 Å². The summed E-state index contributed by atoms with van der Waals surface area (Å²) in [7, 11) is -2.46. The third-order valence-electron chi connectivity index (χ3n) is 6.56. The number of rotatable bonds is 7. The van der Waals surface area contributed by atoms with E-state index in [9.17, 15) is 32.0 Å². The lowest BCUT2D eigenvalue weighted by Gasteiger charge is -2.41. The van der Waals surface area contributed by atoms with Gasteiger partial charge in [-0.1, -0.05) is 12.1 Å². The van der Waals surface area contributed by atoms with Crippen molar-refractivity contribution in [1.82, 2.24) is 19.4 Å². The van der Waals surface area contributed by atoms with E-state index >= 15 is 0 Å². The summed E-state index contributed by atoms with van der Waals surface area (Å²) in [4.78, 5) is 57.9. The van der Waals surface area contributed by atoms with Crippen LogP contribution in [0.15, 0.2) is 29.3 Å². The first-order chi connectivity index (χ1) is 17.6. The topological polar surface area (TPSA) is 146 Å². The summed E-state index contributed by atoms with van der Waals surface area (Å²) in [5.74, 6) is -4.51. The first-order valence-electron chi connectivity index (χ1n) is 11.9. The molecule has 1 aromatic carbocycles. The zero-order valence-corrected chi connectivity index (χ0v) is 21.1. The van der Waals surface area contributed by atoms with Crippen LogP contribution >= 0.6 is 0 Å². The smallest absolute Gasteiger partial charge is 0.298 e. The van der Waals surface area contributed by atoms with E-state index in [1.54, 1.807) is 0 Å². The second-order valence-corrected chi connectivity index (χ2v) is 11.0. The number of ether oxygens (including phenoxy) is 1. The van der Waals surface area contributed by atoms with Gasteiger partial charge in [0.05, 0.1) is 19.3 Å². The van der Waals surface area contributed by atoms with Crippen molar-refractivity contribution in [2.75, 3.05) is 45.6 Å². The van der Waals surface area contributed by atoms with Crippen LogP contribution in [0.3, 0.4) is 0 Å². The Balaban J connectivity index is 1.50. The molecule has 37 heavy (non-hydrogen) atoms. The van der Waals surface area contributed by atoms with Gasteiger partial charge < -0.3 is 15.0 Å². The highest BCUT2D eigenvalue weighted by molar-refractivity contribution is 7.89. The standard InChI is InChI=1S/C23H28FN5O7S/c1-27(18(30)14-37(34,35)28-9-11-36-12-10-28)17-3-2-8-29-21(17)26-19(20(31)23(29)33)22(32)25-13-15-4-6-16(24)7-5-15/h4-7,17,19H,2-3,8-14H2,1H3,(H,25,32).